The minimum Gasteiger partial charge on any atom is -0.379 e. The molecule has 1 N–H and O–H groups in total. The summed E-state index contributed by atoms with van der Waals surface area (Å²) in [6.07, 6.45) is 0.831. The van der Waals surface area contributed by atoms with Crippen LogP contribution in [-0.2, 0) is 4.74 Å². The Morgan fingerprint density at radius 3 is 2.79 bits per heavy atom. The number of nitro groups is 1. The second-order valence-electron chi connectivity index (χ2n) is 7.86. The minimum absolute atomic E-state index is 0.0171. The van der Waals surface area contributed by atoms with Gasteiger partial charge in [-0.1, -0.05) is 18.2 Å². The third-order valence-electron chi connectivity index (χ3n) is 5.61. The Balaban J connectivity index is 1.60. The normalized spacial score (nSPS) is 14.2. The van der Waals surface area contributed by atoms with Crippen LogP contribution in [0, 0.1) is 17.0 Å². The zero-order valence-electron chi connectivity index (χ0n) is 18.5. The number of thiophene rings is 1. The fourth-order valence-electron chi connectivity index (χ4n) is 3.94. The lowest BCUT2D eigenvalue weighted by Crippen LogP contribution is -2.38. The summed E-state index contributed by atoms with van der Waals surface area (Å²) < 4.78 is 5.37. The lowest BCUT2D eigenvalue weighted by atomic mass is 9.96. The number of nitro benzene ring substituents is 1. The molecule has 0 atom stereocenters. The van der Waals surface area contributed by atoms with Gasteiger partial charge in [-0.25, -0.2) is 0 Å². The number of pyridine rings is 1. The molecule has 0 spiro atoms. The van der Waals surface area contributed by atoms with E-state index in [0.717, 1.165) is 49.8 Å². The molecule has 3 aromatic rings. The highest BCUT2D eigenvalue weighted by Crippen LogP contribution is 2.33. The first-order valence-electron chi connectivity index (χ1n) is 10.9. The van der Waals surface area contributed by atoms with Crippen LogP contribution in [0.3, 0.4) is 0 Å². The highest BCUT2D eigenvalue weighted by molar-refractivity contribution is 7.13. The average molecular weight is 467 g/mol. The Bertz CT molecular complexity index is 1130. The number of rotatable bonds is 8. The summed E-state index contributed by atoms with van der Waals surface area (Å²) in [6, 6.07) is 12.1. The third-order valence-corrected chi connectivity index (χ3v) is 6.50. The van der Waals surface area contributed by atoms with Gasteiger partial charge in [-0.3, -0.25) is 24.8 Å². The number of nitrogens with one attached hydrogen (secondary N) is 1. The minimum atomic E-state index is -0.427. The first kappa shape index (κ1) is 23.0. The molecule has 8 nitrogen and oxygen atoms in total. The molecule has 0 saturated carbocycles. The maximum absolute atomic E-state index is 13.2. The third kappa shape index (κ3) is 5.62. The summed E-state index contributed by atoms with van der Waals surface area (Å²) in [5.41, 5.74) is 3.02. The molecule has 1 amide bonds. The molecular formula is C24H26N4O4S. The number of non-ortho nitro benzene ring substituents is 1. The smallest absolute Gasteiger partial charge is 0.270 e. The number of hydrogen-bond donors (Lipinski definition) is 1. The molecule has 1 aromatic carbocycles. The van der Waals surface area contributed by atoms with Crippen molar-refractivity contribution in [3.63, 3.8) is 0 Å². The first-order valence-corrected chi connectivity index (χ1v) is 11.8. The van der Waals surface area contributed by atoms with Crippen molar-refractivity contribution in [2.75, 3.05) is 39.4 Å². The van der Waals surface area contributed by atoms with E-state index in [1.165, 1.54) is 12.1 Å². The number of carbonyl (C=O) groups excluding carboxylic acids is 1. The van der Waals surface area contributed by atoms with Crippen LogP contribution in [0.25, 0.3) is 21.7 Å². The Kier molecular flexibility index (Phi) is 7.43. The van der Waals surface area contributed by atoms with Crippen LogP contribution in [0.15, 0.2) is 47.8 Å². The number of benzene rings is 1. The van der Waals surface area contributed by atoms with E-state index in [1.807, 2.05) is 23.6 Å². The van der Waals surface area contributed by atoms with Crippen LogP contribution in [0.5, 0.6) is 0 Å². The molecule has 1 fully saturated rings. The van der Waals surface area contributed by atoms with Crippen molar-refractivity contribution in [3.05, 3.63) is 69.2 Å². The molecule has 0 radical (unpaired) electrons. The van der Waals surface area contributed by atoms with Gasteiger partial charge in [0.25, 0.3) is 11.6 Å². The van der Waals surface area contributed by atoms with E-state index >= 15 is 0 Å². The summed E-state index contributed by atoms with van der Waals surface area (Å²) in [4.78, 5) is 32.1. The standard InChI is InChI=1S/C24H26N4O4S/c1-17-23(24(29)25-8-4-9-27-10-12-32-13-11-27)20(16-21(26-17)22-7-3-14-33-22)18-5-2-6-19(15-18)28(30)31/h2-3,5-7,14-16H,4,8-13H2,1H3,(H,25,29). The molecule has 33 heavy (non-hydrogen) atoms. The number of nitrogens with zero attached hydrogens (tertiary/aromatic N) is 3. The molecule has 0 aliphatic carbocycles. The van der Waals surface area contributed by atoms with Crippen LogP contribution >= 0.6 is 11.3 Å². The molecule has 2 aromatic heterocycles. The number of morpholine rings is 1. The van der Waals surface area contributed by atoms with Crippen LogP contribution in [0.4, 0.5) is 5.69 Å². The Morgan fingerprint density at radius 1 is 1.24 bits per heavy atom. The predicted octanol–water partition coefficient (Wildman–Crippen LogP) is 4.15. The first-order chi connectivity index (χ1) is 16.0. The number of hydrogen-bond acceptors (Lipinski definition) is 7. The Labute approximate surface area is 196 Å². The van der Waals surface area contributed by atoms with E-state index in [1.54, 1.807) is 30.4 Å². The van der Waals surface area contributed by atoms with Crippen molar-refractivity contribution < 1.29 is 14.5 Å². The topological polar surface area (TPSA) is 97.6 Å². The van der Waals surface area contributed by atoms with Gasteiger partial charge in [-0.15, -0.1) is 11.3 Å². The Hall–Kier alpha value is -3.14. The number of ether oxygens (including phenoxy) is 1. The summed E-state index contributed by atoms with van der Waals surface area (Å²) >= 11 is 1.56. The van der Waals surface area contributed by atoms with Crippen molar-refractivity contribution in [1.29, 1.82) is 0 Å². The maximum atomic E-state index is 13.2. The van der Waals surface area contributed by atoms with Gasteiger partial charge in [0.1, 0.15) is 0 Å². The quantitative estimate of drug-likeness (QED) is 0.304. The predicted molar refractivity (Wildman–Crippen MR) is 129 cm³/mol. The molecular weight excluding hydrogens is 440 g/mol. The highest BCUT2D eigenvalue weighted by Gasteiger charge is 2.21. The number of amides is 1. The molecule has 0 bridgehead atoms. The summed E-state index contributed by atoms with van der Waals surface area (Å²) in [5.74, 6) is -0.221. The van der Waals surface area contributed by atoms with Crippen LogP contribution < -0.4 is 5.32 Å². The highest BCUT2D eigenvalue weighted by atomic mass is 32.1. The molecule has 9 heteroatoms. The SMILES string of the molecule is Cc1nc(-c2cccs2)cc(-c2cccc([N+](=O)[O-])c2)c1C(=O)NCCCN1CCOCC1. The lowest BCUT2D eigenvalue weighted by molar-refractivity contribution is -0.384. The van der Waals surface area contributed by atoms with E-state index in [0.29, 0.717) is 28.9 Å². The van der Waals surface area contributed by atoms with Crippen molar-refractivity contribution in [2.24, 2.45) is 0 Å². The maximum Gasteiger partial charge on any atom is 0.270 e. The molecule has 1 saturated heterocycles. The van der Waals surface area contributed by atoms with Crippen molar-refractivity contribution in [1.82, 2.24) is 15.2 Å². The average Bonchev–Trinajstić information content (AvgIpc) is 3.37. The molecule has 0 unspecified atom stereocenters. The summed E-state index contributed by atoms with van der Waals surface area (Å²) in [7, 11) is 0. The second kappa shape index (κ2) is 10.7. The van der Waals surface area contributed by atoms with Crippen molar-refractivity contribution in [2.45, 2.75) is 13.3 Å². The molecule has 1 aliphatic rings. The van der Waals surface area contributed by atoms with Gasteiger partial charge in [0.05, 0.1) is 40.0 Å². The summed E-state index contributed by atoms with van der Waals surface area (Å²) in [5, 5.41) is 16.3. The van der Waals surface area contributed by atoms with Gasteiger partial charge in [-0.2, -0.15) is 0 Å². The summed E-state index contributed by atoms with van der Waals surface area (Å²) in [6.45, 7) is 6.57. The van der Waals surface area contributed by atoms with Gasteiger partial charge in [0.15, 0.2) is 0 Å². The van der Waals surface area contributed by atoms with Crippen LogP contribution in [0.1, 0.15) is 22.5 Å². The van der Waals surface area contributed by atoms with Crippen LogP contribution in [0.2, 0.25) is 0 Å². The molecule has 1 aliphatic heterocycles. The molecule has 172 valence electrons. The van der Waals surface area contributed by atoms with E-state index in [4.69, 9.17) is 4.74 Å². The van der Waals surface area contributed by atoms with Gasteiger partial charge >= 0.3 is 0 Å². The molecule has 3 heterocycles. The molecule has 4 rings (SSSR count). The lowest BCUT2D eigenvalue weighted by Gasteiger charge is -2.26. The van der Waals surface area contributed by atoms with Crippen LogP contribution in [-0.4, -0.2) is 60.1 Å². The zero-order valence-corrected chi connectivity index (χ0v) is 19.3. The van der Waals surface area contributed by atoms with E-state index < -0.39 is 4.92 Å². The largest absolute Gasteiger partial charge is 0.379 e. The van der Waals surface area contributed by atoms with E-state index in [9.17, 15) is 14.9 Å². The van der Waals surface area contributed by atoms with Gasteiger partial charge in [0, 0.05) is 31.8 Å². The zero-order chi connectivity index (χ0) is 23.2. The van der Waals surface area contributed by atoms with Crippen molar-refractivity contribution >= 4 is 22.9 Å². The van der Waals surface area contributed by atoms with Gasteiger partial charge in [0.2, 0.25) is 0 Å². The van der Waals surface area contributed by atoms with Crippen molar-refractivity contribution in [3.8, 4) is 21.7 Å². The van der Waals surface area contributed by atoms with E-state index in [-0.39, 0.29) is 11.6 Å². The monoisotopic (exact) mass is 466 g/mol. The number of aromatic nitrogens is 1. The number of carbonyl (C=O) groups is 1. The number of aryl methyl sites for hydroxylation is 1. The fourth-order valence-corrected chi connectivity index (χ4v) is 4.63. The Morgan fingerprint density at radius 2 is 2.06 bits per heavy atom. The van der Waals surface area contributed by atoms with E-state index in [2.05, 4.69) is 15.2 Å². The van der Waals surface area contributed by atoms with Gasteiger partial charge in [-0.05, 0) is 48.5 Å². The second-order valence-corrected chi connectivity index (χ2v) is 8.81. The fraction of sp³-hybridized carbons (Fsp3) is 0.333. The van der Waals surface area contributed by atoms with Gasteiger partial charge < -0.3 is 10.1 Å².